The number of nitrogens with one attached hydrogen (secondary N) is 1. The van der Waals surface area contributed by atoms with Crippen molar-refractivity contribution >= 4 is 15.9 Å². The Morgan fingerprint density at radius 2 is 1.95 bits per heavy atom. The molecule has 0 radical (unpaired) electrons. The monoisotopic (exact) mass is 339 g/mol. The first-order chi connectivity index (χ1) is 9.78. The first-order valence-corrected chi connectivity index (χ1v) is 8.39. The van der Waals surface area contributed by atoms with Crippen LogP contribution in [0.4, 0.5) is 0 Å². The Balaban J connectivity index is 1.84. The van der Waals surface area contributed by atoms with Crippen molar-refractivity contribution in [2.45, 2.75) is 38.6 Å². The molecule has 2 aliphatic rings. The summed E-state index contributed by atoms with van der Waals surface area (Å²) in [6.07, 6.45) is 5.14. The number of rotatable bonds is 6. The highest BCUT2D eigenvalue weighted by atomic mass is 79.9. The van der Waals surface area contributed by atoms with E-state index in [0.717, 1.165) is 34.9 Å². The zero-order valence-electron chi connectivity index (χ0n) is 12.0. The van der Waals surface area contributed by atoms with E-state index in [0.29, 0.717) is 19.3 Å². The van der Waals surface area contributed by atoms with Crippen molar-refractivity contribution in [2.75, 3.05) is 19.8 Å². The summed E-state index contributed by atoms with van der Waals surface area (Å²) in [6, 6.07) is 4.61. The summed E-state index contributed by atoms with van der Waals surface area (Å²) in [5, 5.41) is 3.68. The Kier molecular flexibility index (Phi) is 4.51. The Labute approximate surface area is 129 Å². The first kappa shape index (κ1) is 14.2. The maximum absolute atomic E-state index is 5.72. The molecule has 1 aliphatic heterocycles. The Morgan fingerprint density at radius 1 is 1.25 bits per heavy atom. The van der Waals surface area contributed by atoms with Crippen LogP contribution in [0.1, 0.15) is 44.2 Å². The highest BCUT2D eigenvalue weighted by Gasteiger charge is 2.28. The Hall–Kier alpha value is -0.740. The SMILES string of the molecule is CCCNC(CC1CC1)c1cc2c(cc1Br)OCCO2. The summed E-state index contributed by atoms with van der Waals surface area (Å²) >= 11 is 3.70. The van der Waals surface area contributed by atoms with E-state index < -0.39 is 0 Å². The van der Waals surface area contributed by atoms with Crippen LogP contribution in [0, 0.1) is 5.92 Å². The molecule has 0 spiro atoms. The van der Waals surface area contributed by atoms with E-state index >= 15 is 0 Å². The van der Waals surface area contributed by atoms with Gasteiger partial charge in [-0.15, -0.1) is 0 Å². The van der Waals surface area contributed by atoms with Gasteiger partial charge in [0.15, 0.2) is 11.5 Å². The Morgan fingerprint density at radius 3 is 2.60 bits per heavy atom. The van der Waals surface area contributed by atoms with Gasteiger partial charge in [-0.05, 0) is 43.0 Å². The van der Waals surface area contributed by atoms with Crippen LogP contribution in [0.3, 0.4) is 0 Å². The van der Waals surface area contributed by atoms with Crippen molar-refractivity contribution in [1.29, 1.82) is 0 Å². The quantitative estimate of drug-likeness (QED) is 0.847. The average Bonchev–Trinajstić information content (AvgIpc) is 3.27. The molecule has 1 heterocycles. The highest BCUT2D eigenvalue weighted by Crippen LogP contribution is 2.42. The molecule has 1 unspecified atom stereocenters. The summed E-state index contributed by atoms with van der Waals surface area (Å²) in [5.74, 6) is 2.63. The molecule has 110 valence electrons. The van der Waals surface area contributed by atoms with E-state index in [1.807, 2.05) is 0 Å². The fourth-order valence-electron chi connectivity index (χ4n) is 2.67. The minimum absolute atomic E-state index is 0.410. The van der Waals surface area contributed by atoms with Gasteiger partial charge in [0.1, 0.15) is 13.2 Å². The van der Waals surface area contributed by atoms with E-state index in [2.05, 4.69) is 40.3 Å². The van der Waals surface area contributed by atoms with Crippen LogP contribution in [-0.4, -0.2) is 19.8 Å². The zero-order valence-corrected chi connectivity index (χ0v) is 13.5. The number of ether oxygens (including phenoxy) is 2. The smallest absolute Gasteiger partial charge is 0.162 e. The summed E-state index contributed by atoms with van der Waals surface area (Å²) in [5.41, 5.74) is 1.30. The van der Waals surface area contributed by atoms with Gasteiger partial charge in [0.25, 0.3) is 0 Å². The predicted octanol–water partition coefficient (Wildman–Crippen LogP) is 4.06. The van der Waals surface area contributed by atoms with Gasteiger partial charge in [-0.2, -0.15) is 0 Å². The van der Waals surface area contributed by atoms with E-state index in [1.54, 1.807) is 0 Å². The lowest BCUT2D eigenvalue weighted by Gasteiger charge is -2.24. The molecule has 1 aromatic rings. The van der Waals surface area contributed by atoms with Crippen molar-refractivity contribution in [2.24, 2.45) is 5.92 Å². The molecular formula is C16H22BrNO2. The first-order valence-electron chi connectivity index (χ1n) is 7.60. The molecule has 0 bridgehead atoms. The molecule has 1 aliphatic carbocycles. The van der Waals surface area contributed by atoms with E-state index in [9.17, 15) is 0 Å². The van der Waals surface area contributed by atoms with Gasteiger partial charge in [0.05, 0.1) is 0 Å². The van der Waals surface area contributed by atoms with Crippen molar-refractivity contribution in [3.63, 3.8) is 0 Å². The number of hydrogen-bond donors (Lipinski definition) is 1. The molecule has 3 nitrogen and oxygen atoms in total. The second-order valence-corrected chi connectivity index (χ2v) is 6.56. The van der Waals surface area contributed by atoms with Crippen LogP contribution < -0.4 is 14.8 Å². The highest BCUT2D eigenvalue weighted by molar-refractivity contribution is 9.10. The fourth-order valence-corrected chi connectivity index (χ4v) is 3.27. The van der Waals surface area contributed by atoms with Crippen molar-refractivity contribution < 1.29 is 9.47 Å². The van der Waals surface area contributed by atoms with Gasteiger partial charge in [-0.1, -0.05) is 35.7 Å². The molecule has 1 saturated carbocycles. The molecule has 0 aromatic heterocycles. The number of benzene rings is 1. The van der Waals surface area contributed by atoms with Crippen molar-refractivity contribution in [3.8, 4) is 11.5 Å². The second-order valence-electron chi connectivity index (χ2n) is 5.70. The van der Waals surface area contributed by atoms with Gasteiger partial charge in [0, 0.05) is 10.5 Å². The van der Waals surface area contributed by atoms with E-state index in [4.69, 9.17) is 9.47 Å². The lowest BCUT2D eigenvalue weighted by atomic mass is 10.00. The summed E-state index contributed by atoms with van der Waals surface area (Å²) in [6.45, 7) is 4.54. The van der Waals surface area contributed by atoms with Crippen molar-refractivity contribution in [3.05, 3.63) is 22.2 Å². The van der Waals surface area contributed by atoms with Gasteiger partial charge < -0.3 is 14.8 Å². The number of halogens is 1. The third-order valence-corrected chi connectivity index (χ3v) is 4.63. The van der Waals surface area contributed by atoms with Gasteiger partial charge in [-0.25, -0.2) is 0 Å². The lowest BCUT2D eigenvalue weighted by Crippen LogP contribution is -2.24. The molecule has 4 heteroatoms. The largest absolute Gasteiger partial charge is 0.486 e. The maximum Gasteiger partial charge on any atom is 0.162 e. The lowest BCUT2D eigenvalue weighted by molar-refractivity contribution is 0.171. The maximum atomic E-state index is 5.72. The van der Waals surface area contributed by atoms with Crippen LogP contribution in [0.15, 0.2) is 16.6 Å². The standard InChI is InChI=1S/C16H22BrNO2/c1-2-5-18-14(8-11-3-4-11)12-9-15-16(10-13(12)17)20-7-6-19-15/h9-11,14,18H,2-8H2,1H3. The minimum atomic E-state index is 0.410. The molecule has 0 amide bonds. The molecule has 3 rings (SSSR count). The molecule has 0 saturated heterocycles. The van der Waals surface area contributed by atoms with E-state index in [-0.39, 0.29) is 0 Å². The fraction of sp³-hybridized carbons (Fsp3) is 0.625. The normalized spacial score (nSPS) is 18.9. The molecule has 20 heavy (non-hydrogen) atoms. The third-order valence-electron chi connectivity index (χ3n) is 3.94. The number of fused-ring (bicyclic) bond motifs is 1. The predicted molar refractivity (Wildman–Crippen MR) is 83.5 cm³/mol. The molecular weight excluding hydrogens is 318 g/mol. The summed E-state index contributed by atoms with van der Waals surface area (Å²) in [4.78, 5) is 0. The van der Waals surface area contributed by atoms with Gasteiger partial charge in [-0.3, -0.25) is 0 Å². The van der Waals surface area contributed by atoms with Crippen molar-refractivity contribution in [1.82, 2.24) is 5.32 Å². The van der Waals surface area contributed by atoms with Crippen LogP contribution in [0.25, 0.3) is 0 Å². The third kappa shape index (κ3) is 3.29. The van der Waals surface area contributed by atoms with Crippen LogP contribution in [-0.2, 0) is 0 Å². The van der Waals surface area contributed by atoms with E-state index in [1.165, 1.54) is 24.8 Å². The topological polar surface area (TPSA) is 30.5 Å². The molecule has 1 fully saturated rings. The average molecular weight is 340 g/mol. The van der Waals surface area contributed by atoms with Gasteiger partial charge in [0.2, 0.25) is 0 Å². The van der Waals surface area contributed by atoms with Crippen LogP contribution in [0.5, 0.6) is 11.5 Å². The summed E-state index contributed by atoms with van der Waals surface area (Å²) in [7, 11) is 0. The van der Waals surface area contributed by atoms with Crippen LogP contribution in [0.2, 0.25) is 0 Å². The second kappa shape index (κ2) is 6.35. The molecule has 1 atom stereocenters. The molecule has 1 aromatic carbocycles. The van der Waals surface area contributed by atoms with Gasteiger partial charge >= 0.3 is 0 Å². The minimum Gasteiger partial charge on any atom is -0.486 e. The van der Waals surface area contributed by atoms with Crippen LogP contribution >= 0.6 is 15.9 Å². The summed E-state index contributed by atoms with van der Waals surface area (Å²) < 4.78 is 12.5. The zero-order chi connectivity index (χ0) is 13.9. The Bertz CT molecular complexity index is 474. The molecule has 1 N–H and O–H groups in total. The number of hydrogen-bond acceptors (Lipinski definition) is 3.